The van der Waals surface area contributed by atoms with Gasteiger partial charge in [-0.25, -0.2) is 4.98 Å². The van der Waals surface area contributed by atoms with Gasteiger partial charge >= 0.3 is 0 Å². The predicted octanol–water partition coefficient (Wildman–Crippen LogP) is 4.57. The van der Waals surface area contributed by atoms with Crippen LogP contribution >= 0.6 is 11.3 Å². The van der Waals surface area contributed by atoms with Crippen LogP contribution in [-0.4, -0.2) is 4.98 Å². The van der Waals surface area contributed by atoms with Crippen molar-refractivity contribution in [1.82, 2.24) is 4.98 Å². The van der Waals surface area contributed by atoms with Crippen LogP contribution in [0.3, 0.4) is 0 Å². The van der Waals surface area contributed by atoms with E-state index in [0.717, 1.165) is 21.8 Å². The van der Waals surface area contributed by atoms with E-state index in [2.05, 4.69) is 30.3 Å². The monoisotopic (exact) mass is 239 g/mol. The van der Waals surface area contributed by atoms with Crippen molar-refractivity contribution in [2.45, 2.75) is 0 Å². The summed E-state index contributed by atoms with van der Waals surface area (Å²) in [5.74, 6) is 0. The Balaban J connectivity index is 2.37. The molecule has 0 aliphatic heterocycles. The van der Waals surface area contributed by atoms with E-state index in [1.165, 1.54) is 0 Å². The Morgan fingerprint density at radius 3 is 2.59 bits per heavy atom. The molecule has 0 aliphatic rings. The molecule has 0 saturated carbocycles. The molecule has 0 radical (unpaired) electrons. The van der Waals surface area contributed by atoms with Crippen LogP contribution < -0.4 is 0 Å². The van der Waals surface area contributed by atoms with Gasteiger partial charge < -0.3 is 0 Å². The minimum absolute atomic E-state index is 0.948. The van der Waals surface area contributed by atoms with E-state index in [4.69, 9.17) is 0 Å². The van der Waals surface area contributed by atoms with Crippen LogP contribution in [-0.2, 0) is 0 Å². The zero-order valence-corrected chi connectivity index (χ0v) is 10.3. The van der Waals surface area contributed by atoms with Crippen LogP contribution in [0.5, 0.6) is 0 Å². The van der Waals surface area contributed by atoms with E-state index < -0.39 is 0 Å². The van der Waals surface area contributed by atoms with E-state index in [1.54, 1.807) is 23.5 Å². The summed E-state index contributed by atoms with van der Waals surface area (Å²) >= 11 is 1.64. The Labute approximate surface area is 105 Å². The fraction of sp³-hybridized carbons (Fsp3) is 0. The fourth-order valence-electron chi connectivity index (χ4n) is 1.50. The highest BCUT2D eigenvalue weighted by Crippen LogP contribution is 2.26. The maximum absolute atomic E-state index is 4.60. The number of hydrogen-bond donors (Lipinski definition) is 0. The lowest BCUT2D eigenvalue weighted by Gasteiger charge is -1.95. The van der Waals surface area contributed by atoms with Gasteiger partial charge in [0.2, 0.25) is 0 Å². The Hall–Kier alpha value is -1.93. The highest BCUT2D eigenvalue weighted by Gasteiger charge is 2.05. The molecule has 1 aromatic carbocycles. The van der Waals surface area contributed by atoms with Gasteiger partial charge in [-0.2, -0.15) is 0 Å². The first-order valence-corrected chi connectivity index (χ1v) is 6.19. The molecule has 0 spiro atoms. The first-order valence-electron chi connectivity index (χ1n) is 5.31. The molecule has 2 rings (SSSR count). The molecule has 0 bridgehead atoms. The average Bonchev–Trinajstić information content (AvgIpc) is 2.86. The highest BCUT2D eigenvalue weighted by atomic mass is 32.1. The maximum atomic E-state index is 4.60. The maximum Gasteiger partial charge on any atom is 0.124 e. The third-order valence-corrected chi connectivity index (χ3v) is 3.23. The van der Waals surface area contributed by atoms with Gasteiger partial charge in [0.1, 0.15) is 5.01 Å². The molecular weight excluding hydrogens is 226 g/mol. The van der Waals surface area contributed by atoms with Crippen molar-refractivity contribution in [3.8, 4) is 10.6 Å². The first kappa shape index (κ1) is 11.6. The van der Waals surface area contributed by atoms with Crippen LogP contribution in [0.25, 0.3) is 16.1 Å². The SMILES string of the molecule is C=C/C=C(\C=C)c1csc(-c2ccccc2)n1. The Bertz CT molecular complexity index is 549. The summed E-state index contributed by atoms with van der Waals surface area (Å²) in [5.41, 5.74) is 3.09. The smallest absolute Gasteiger partial charge is 0.124 e. The predicted molar refractivity (Wildman–Crippen MR) is 75.9 cm³/mol. The largest absolute Gasteiger partial charge is 0.236 e. The van der Waals surface area contributed by atoms with E-state index >= 15 is 0 Å². The van der Waals surface area contributed by atoms with Gasteiger partial charge in [0.25, 0.3) is 0 Å². The van der Waals surface area contributed by atoms with E-state index in [9.17, 15) is 0 Å². The molecule has 0 unspecified atom stereocenters. The van der Waals surface area contributed by atoms with Gasteiger partial charge in [-0.3, -0.25) is 0 Å². The van der Waals surface area contributed by atoms with Crippen molar-refractivity contribution < 1.29 is 0 Å². The summed E-state index contributed by atoms with van der Waals surface area (Å²) in [6, 6.07) is 10.2. The third-order valence-electron chi connectivity index (χ3n) is 2.34. The molecule has 0 amide bonds. The van der Waals surface area contributed by atoms with E-state index in [1.807, 2.05) is 29.7 Å². The lowest BCUT2D eigenvalue weighted by atomic mass is 10.2. The second-order valence-corrected chi connectivity index (χ2v) is 4.32. The van der Waals surface area contributed by atoms with Gasteiger partial charge in [0, 0.05) is 16.5 Å². The van der Waals surface area contributed by atoms with Gasteiger partial charge in [0.15, 0.2) is 0 Å². The molecule has 0 fully saturated rings. The fourth-order valence-corrected chi connectivity index (χ4v) is 2.34. The summed E-state index contributed by atoms with van der Waals surface area (Å²) in [6.07, 6.45) is 5.46. The van der Waals surface area contributed by atoms with Crippen molar-refractivity contribution in [2.75, 3.05) is 0 Å². The third kappa shape index (κ3) is 2.60. The minimum Gasteiger partial charge on any atom is -0.236 e. The molecule has 2 heteroatoms. The number of benzene rings is 1. The van der Waals surface area contributed by atoms with Crippen LogP contribution in [0.4, 0.5) is 0 Å². The number of nitrogens with zero attached hydrogens (tertiary/aromatic N) is 1. The molecule has 2 aromatic rings. The summed E-state index contributed by atoms with van der Waals surface area (Å²) in [4.78, 5) is 4.60. The average molecular weight is 239 g/mol. The van der Waals surface area contributed by atoms with Crippen molar-refractivity contribution >= 4 is 16.9 Å². The first-order chi connectivity index (χ1) is 8.35. The molecule has 0 saturated heterocycles. The number of aromatic nitrogens is 1. The molecule has 0 N–H and O–H groups in total. The van der Waals surface area contributed by atoms with Gasteiger partial charge in [-0.1, -0.05) is 61.7 Å². The molecule has 1 heterocycles. The summed E-state index contributed by atoms with van der Waals surface area (Å²) in [5, 5.41) is 3.07. The molecular formula is C15H13NS. The van der Waals surface area contributed by atoms with Gasteiger partial charge in [0.05, 0.1) is 5.69 Å². The molecule has 17 heavy (non-hydrogen) atoms. The standard InChI is InChI=1S/C15H13NS/c1-3-8-12(4-2)14-11-17-15(16-14)13-9-6-5-7-10-13/h3-11H,1-2H2/b12-8+. The van der Waals surface area contributed by atoms with Crippen molar-refractivity contribution in [1.29, 1.82) is 0 Å². The van der Waals surface area contributed by atoms with Crippen molar-refractivity contribution in [3.05, 3.63) is 72.8 Å². The summed E-state index contributed by atoms with van der Waals surface area (Å²) in [7, 11) is 0. The Kier molecular flexibility index (Phi) is 3.68. The van der Waals surface area contributed by atoms with Crippen molar-refractivity contribution in [2.24, 2.45) is 0 Å². The lowest BCUT2D eigenvalue weighted by Crippen LogP contribution is -1.81. The van der Waals surface area contributed by atoms with Crippen LogP contribution in [0.1, 0.15) is 5.69 Å². The van der Waals surface area contributed by atoms with Crippen LogP contribution in [0.15, 0.2) is 67.1 Å². The lowest BCUT2D eigenvalue weighted by molar-refractivity contribution is 1.36. The topological polar surface area (TPSA) is 12.9 Å². The van der Waals surface area contributed by atoms with E-state index in [-0.39, 0.29) is 0 Å². The van der Waals surface area contributed by atoms with Crippen LogP contribution in [0.2, 0.25) is 0 Å². The second kappa shape index (κ2) is 5.41. The Morgan fingerprint density at radius 1 is 1.18 bits per heavy atom. The van der Waals surface area contributed by atoms with Crippen LogP contribution in [0, 0.1) is 0 Å². The zero-order chi connectivity index (χ0) is 12.1. The zero-order valence-electron chi connectivity index (χ0n) is 9.47. The van der Waals surface area contributed by atoms with Gasteiger partial charge in [-0.15, -0.1) is 11.3 Å². The molecule has 0 atom stereocenters. The number of rotatable bonds is 4. The van der Waals surface area contributed by atoms with E-state index in [0.29, 0.717) is 0 Å². The molecule has 0 aliphatic carbocycles. The molecule has 1 aromatic heterocycles. The molecule has 84 valence electrons. The number of allylic oxidation sites excluding steroid dienone is 4. The number of hydrogen-bond acceptors (Lipinski definition) is 2. The van der Waals surface area contributed by atoms with Crippen molar-refractivity contribution in [3.63, 3.8) is 0 Å². The quantitative estimate of drug-likeness (QED) is 0.712. The normalized spacial score (nSPS) is 11.2. The second-order valence-electron chi connectivity index (χ2n) is 3.47. The minimum atomic E-state index is 0.948. The summed E-state index contributed by atoms with van der Waals surface area (Å²) < 4.78 is 0. The molecule has 1 nitrogen and oxygen atoms in total. The number of thiazole rings is 1. The summed E-state index contributed by atoms with van der Waals surface area (Å²) in [6.45, 7) is 7.48. The van der Waals surface area contributed by atoms with Gasteiger partial charge in [-0.05, 0) is 0 Å². The highest BCUT2D eigenvalue weighted by molar-refractivity contribution is 7.13. The Morgan fingerprint density at radius 2 is 1.94 bits per heavy atom.